The highest BCUT2D eigenvalue weighted by Gasteiger charge is 1.86. The first-order valence-electron chi connectivity index (χ1n) is 5.00. The molecule has 0 saturated heterocycles. The number of nitrogens with two attached hydrogens (primary N) is 1. The number of nitrogens with zero attached hydrogens (tertiary/aromatic N) is 1. The second kappa shape index (κ2) is 6.65. The van der Waals surface area contributed by atoms with E-state index in [1.165, 1.54) is 0 Å². The second-order valence-corrected chi connectivity index (χ2v) is 3.03. The van der Waals surface area contributed by atoms with Crippen LogP contribution in [-0.2, 0) is 4.74 Å². The Kier molecular flexibility index (Phi) is 5.01. The van der Waals surface area contributed by atoms with E-state index < -0.39 is 0 Å². The van der Waals surface area contributed by atoms with Gasteiger partial charge in [-0.3, -0.25) is 4.99 Å². The fraction of sp³-hybridized carbons (Fsp3) is 0.250. The van der Waals surface area contributed by atoms with Gasteiger partial charge >= 0.3 is 0 Å². The number of aliphatic imine (C=N–C) groups is 1. The minimum absolute atomic E-state index is 0.400. The third-order valence-electron chi connectivity index (χ3n) is 1.69. The molecule has 0 atom stereocenters. The van der Waals surface area contributed by atoms with E-state index in [-0.39, 0.29) is 0 Å². The lowest BCUT2D eigenvalue weighted by Gasteiger charge is -2.01. The molecule has 3 nitrogen and oxygen atoms in total. The second-order valence-electron chi connectivity index (χ2n) is 3.03. The van der Waals surface area contributed by atoms with Crippen LogP contribution in [0.5, 0.6) is 0 Å². The number of ether oxygens (including phenoxy) is 1. The molecule has 2 N–H and O–H groups in total. The molecule has 0 spiro atoms. The summed E-state index contributed by atoms with van der Waals surface area (Å²) in [5, 5.41) is 0. The Balaban J connectivity index is 2.45. The number of para-hydroxylation sites is 1. The zero-order valence-electron chi connectivity index (χ0n) is 8.89. The quantitative estimate of drug-likeness (QED) is 0.592. The van der Waals surface area contributed by atoms with Gasteiger partial charge in [0, 0.05) is 12.3 Å². The van der Waals surface area contributed by atoms with Crippen LogP contribution in [0, 0.1) is 0 Å². The number of hydrogen-bond acceptors (Lipinski definition) is 3. The summed E-state index contributed by atoms with van der Waals surface area (Å²) in [5.41, 5.74) is 6.47. The average molecular weight is 204 g/mol. The summed E-state index contributed by atoms with van der Waals surface area (Å²) in [6.45, 7) is 2.67. The molecule has 0 radical (unpaired) electrons. The molecule has 0 bridgehead atoms. The van der Waals surface area contributed by atoms with Crippen LogP contribution < -0.4 is 5.73 Å². The van der Waals surface area contributed by atoms with Gasteiger partial charge in [0.25, 0.3) is 0 Å². The highest BCUT2D eigenvalue weighted by atomic mass is 16.5. The van der Waals surface area contributed by atoms with Crippen molar-refractivity contribution in [3.8, 4) is 0 Å². The van der Waals surface area contributed by atoms with Gasteiger partial charge in [0.2, 0.25) is 0 Å². The minimum atomic E-state index is 0.400. The topological polar surface area (TPSA) is 47.6 Å². The Labute approximate surface area is 90.3 Å². The molecule has 0 saturated carbocycles. The summed E-state index contributed by atoms with van der Waals surface area (Å²) >= 11 is 0. The standard InChI is InChI=1S/C12H16N2O/c1-2-10-15-12(13)8-9-14-11-6-4-3-5-7-11/h3-9H,2,10,13H2,1H3. The van der Waals surface area contributed by atoms with E-state index in [1.807, 2.05) is 37.3 Å². The maximum absolute atomic E-state index is 5.57. The molecule has 15 heavy (non-hydrogen) atoms. The first-order valence-corrected chi connectivity index (χ1v) is 5.00. The molecule has 0 amide bonds. The molecular weight excluding hydrogens is 188 g/mol. The lowest BCUT2D eigenvalue weighted by atomic mass is 10.3. The fourth-order valence-corrected chi connectivity index (χ4v) is 0.979. The Morgan fingerprint density at radius 3 is 2.80 bits per heavy atom. The summed E-state index contributed by atoms with van der Waals surface area (Å²) < 4.78 is 5.18. The number of hydrogen-bond donors (Lipinski definition) is 1. The van der Waals surface area contributed by atoms with Gasteiger partial charge < -0.3 is 10.5 Å². The maximum Gasteiger partial charge on any atom is 0.185 e. The monoisotopic (exact) mass is 204 g/mol. The van der Waals surface area contributed by atoms with Crippen molar-refractivity contribution in [1.82, 2.24) is 0 Å². The lowest BCUT2D eigenvalue weighted by Crippen LogP contribution is -2.03. The third kappa shape index (κ3) is 4.86. The number of benzene rings is 1. The van der Waals surface area contributed by atoms with Gasteiger partial charge in [-0.1, -0.05) is 25.1 Å². The molecule has 3 heteroatoms. The largest absolute Gasteiger partial charge is 0.479 e. The van der Waals surface area contributed by atoms with Crippen molar-refractivity contribution in [1.29, 1.82) is 0 Å². The zero-order chi connectivity index (χ0) is 10.9. The van der Waals surface area contributed by atoms with Gasteiger partial charge in [-0.2, -0.15) is 0 Å². The first-order chi connectivity index (χ1) is 7.33. The first kappa shape index (κ1) is 11.3. The molecule has 80 valence electrons. The molecule has 0 aliphatic rings. The van der Waals surface area contributed by atoms with E-state index in [9.17, 15) is 0 Å². The van der Waals surface area contributed by atoms with Crippen LogP contribution in [-0.4, -0.2) is 12.8 Å². The van der Waals surface area contributed by atoms with Crippen molar-refractivity contribution in [3.63, 3.8) is 0 Å². The molecule has 0 unspecified atom stereocenters. The average Bonchev–Trinajstić information content (AvgIpc) is 2.28. The summed E-state index contributed by atoms with van der Waals surface area (Å²) in [5.74, 6) is 0.400. The predicted molar refractivity (Wildman–Crippen MR) is 63.1 cm³/mol. The van der Waals surface area contributed by atoms with Crippen LogP contribution in [0.25, 0.3) is 0 Å². The van der Waals surface area contributed by atoms with E-state index in [2.05, 4.69) is 4.99 Å². The Hall–Kier alpha value is -1.77. The minimum Gasteiger partial charge on any atom is -0.479 e. The van der Waals surface area contributed by atoms with E-state index in [1.54, 1.807) is 12.3 Å². The molecule has 1 aromatic rings. The normalized spacial score (nSPS) is 11.9. The molecule has 0 aliphatic carbocycles. The molecule has 1 rings (SSSR count). The maximum atomic E-state index is 5.57. The van der Waals surface area contributed by atoms with Crippen LogP contribution in [0.2, 0.25) is 0 Å². The van der Waals surface area contributed by atoms with Crippen LogP contribution in [0.4, 0.5) is 5.69 Å². The van der Waals surface area contributed by atoms with Crippen molar-refractivity contribution in [2.75, 3.05) is 6.61 Å². The highest BCUT2D eigenvalue weighted by molar-refractivity contribution is 5.74. The summed E-state index contributed by atoms with van der Waals surface area (Å²) in [6, 6.07) is 9.68. The van der Waals surface area contributed by atoms with Crippen molar-refractivity contribution < 1.29 is 4.74 Å². The lowest BCUT2D eigenvalue weighted by molar-refractivity contribution is 0.210. The molecule has 0 heterocycles. The molecule has 1 aromatic carbocycles. The van der Waals surface area contributed by atoms with E-state index in [0.29, 0.717) is 12.5 Å². The van der Waals surface area contributed by atoms with Crippen molar-refractivity contribution >= 4 is 11.9 Å². The van der Waals surface area contributed by atoms with Crippen molar-refractivity contribution in [2.45, 2.75) is 13.3 Å². The van der Waals surface area contributed by atoms with E-state index >= 15 is 0 Å². The SMILES string of the molecule is CCCOC(N)=CC=Nc1ccccc1. The van der Waals surface area contributed by atoms with Gasteiger partial charge in [0.05, 0.1) is 12.3 Å². The van der Waals surface area contributed by atoms with Crippen molar-refractivity contribution in [2.24, 2.45) is 10.7 Å². The Morgan fingerprint density at radius 2 is 2.13 bits per heavy atom. The van der Waals surface area contributed by atoms with Gasteiger partial charge in [0.15, 0.2) is 5.88 Å². The van der Waals surface area contributed by atoms with Gasteiger partial charge in [-0.25, -0.2) is 0 Å². The van der Waals surface area contributed by atoms with Gasteiger partial charge in [-0.15, -0.1) is 0 Å². The number of rotatable bonds is 5. The van der Waals surface area contributed by atoms with Crippen molar-refractivity contribution in [3.05, 3.63) is 42.3 Å². The van der Waals surface area contributed by atoms with Crippen LogP contribution >= 0.6 is 0 Å². The highest BCUT2D eigenvalue weighted by Crippen LogP contribution is 2.08. The molecule has 0 aromatic heterocycles. The van der Waals surface area contributed by atoms with Crippen LogP contribution in [0.15, 0.2) is 47.3 Å². The fourth-order valence-electron chi connectivity index (χ4n) is 0.979. The Bertz CT molecular complexity index is 331. The third-order valence-corrected chi connectivity index (χ3v) is 1.69. The summed E-state index contributed by atoms with van der Waals surface area (Å²) in [6.07, 6.45) is 4.24. The Morgan fingerprint density at radius 1 is 1.40 bits per heavy atom. The van der Waals surface area contributed by atoms with E-state index in [4.69, 9.17) is 10.5 Å². The van der Waals surface area contributed by atoms with Crippen LogP contribution in [0.1, 0.15) is 13.3 Å². The predicted octanol–water partition coefficient (Wildman–Crippen LogP) is 2.62. The van der Waals surface area contributed by atoms with Crippen LogP contribution in [0.3, 0.4) is 0 Å². The molecular formula is C12H16N2O. The molecule has 0 fully saturated rings. The smallest absolute Gasteiger partial charge is 0.185 e. The molecule has 0 aliphatic heterocycles. The van der Waals surface area contributed by atoms with E-state index in [0.717, 1.165) is 12.1 Å². The van der Waals surface area contributed by atoms with Gasteiger partial charge in [0.1, 0.15) is 0 Å². The van der Waals surface area contributed by atoms with Gasteiger partial charge in [-0.05, 0) is 18.6 Å². The zero-order valence-corrected chi connectivity index (χ0v) is 8.89. The summed E-state index contributed by atoms with van der Waals surface area (Å²) in [7, 11) is 0. The summed E-state index contributed by atoms with van der Waals surface area (Å²) in [4.78, 5) is 4.19. The number of allylic oxidation sites excluding steroid dienone is 1.